The first-order valence-corrected chi connectivity index (χ1v) is 8.10. The first-order chi connectivity index (χ1) is 11.9. The van der Waals surface area contributed by atoms with Crippen LogP contribution in [-0.2, 0) is 11.0 Å². The van der Waals surface area contributed by atoms with Crippen molar-refractivity contribution in [2.75, 3.05) is 13.1 Å². The van der Waals surface area contributed by atoms with E-state index in [4.69, 9.17) is 0 Å². The molecule has 1 fully saturated rings. The van der Waals surface area contributed by atoms with Gasteiger partial charge >= 0.3 is 6.18 Å². The molecule has 0 radical (unpaired) electrons. The number of halogens is 3. The number of hydrogen-bond donors (Lipinski definition) is 0. The molecule has 2 aromatic rings. The zero-order valence-electron chi connectivity index (χ0n) is 13.8. The molecule has 1 aromatic carbocycles. The second kappa shape index (κ2) is 6.82. The smallest absolute Gasteiger partial charge is 0.342 e. The predicted octanol–water partition coefficient (Wildman–Crippen LogP) is 3.89. The Morgan fingerprint density at radius 3 is 2.48 bits per heavy atom. The number of likely N-dealkylation sites (tertiary alicyclic amines) is 1. The number of rotatable bonds is 2. The number of piperidine rings is 1. The third-order valence-electron chi connectivity index (χ3n) is 4.47. The van der Waals surface area contributed by atoms with Crippen LogP contribution in [0.25, 0.3) is 11.3 Å². The van der Waals surface area contributed by atoms with Crippen molar-refractivity contribution < 1.29 is 18.0 Å². The van der Waals surface area contributed by atoms with Crippen molar-refractivity contribution in [2.45, 2.75) is 31.9 Å². The molecule has 0 spiro atoms. The lowest BCUT2D eigenvalue weighted by Crippen LogP contribution is -2.38. The Kier molecular flexibility index (Phi) is 4.74. The van der Waals surface area contributed by atoms with Gasteiger partial charge in [0.2, 0.25) is 5.91 Å². The molecule has 4 nitrogen and oxygen atoms in total. The van der Waals surface area contributed by atoms with Crippen LogP contribution in [0.3, 0.4) is 0 Å². The topological polar surface area (TPSA) is 46.1 Å². The molecule has 0 N–H and O–H groups in total. The Labute approximate surface area is 143 Å². The fourth-order valence-corrected chi connectivity index (χ4v) is 3.17. The van der Waals surface area contributed by atoms with Gasteiger partial charge in [0.1, 0.15) is 0 Å². The van der Waals surface area contributed by atoms with E-state index in [1.807, 2.05) is 0 Å². The molecule has 1 aliphatic heterocycles. The summed E-state index contributed by atoms with van der Waals surface area (Å²) in [6.07, 6.45) is 0.482. The first-order valence-electron chi connectivity index (χ1n) is 8.10. The van der Waals surface area contributed by atoms with Crippen LogP contribution < -0.4 is 0 Å². The molecule has 3 rings (SSSR count). The second-order valence-electron chi connectivity index (χ2n) is 6.17. The lowest BCUT2D eigenvalue weighted by molar-refractivity contribution is -0.137. The van der Waals surface area contributed by atoms with Crippen molar-refractivity contribution in [1.82, 2.24) is 14.9 Å². The van der Waals surface area contributed by atoms with Gasteiger partial charge in [-0.2, -0.15) is 13.2 Å². The molecule has 1 amide bonds. The maximum absolute atomic E-state index is 12.7. The molecule has 0 unspecified atom stereocenters. The summed E-state index contributed by atoms with van der Waals surface area (Å²) in [4.78, 5) is 22.2. The molecule has 1 aromatic heterocycles. The second-order valence-corrected chi connectivity index (χ2v) is 6.17. The number of aromatic nitrogens is 2. The third kappa shape index (κ3) is 3.81. The number of carbonyl (C=O) groups excluding carboxylic acids is 1. The highest BCUT2D eigenvalue weighted by Crippen LogP contribution is 2.34. The van der Waals surface area contributed by atoms with Crippen LogP contribution in [0.4, 0.5) is 13.2 Å². The Hall–Kier alpha value is -2.44. The van der Waals surface area contributed by atoms with Gasteiger partial charge in [-0.3, -0.25) is 14.8 Å². The summed E-state index contributed by atoms with van der Waals surface area (Å²) in [6.45, 7) is 2.82. The number of amides is 1. The molecule has 25 heavy (non-hydrogen) atoms. The molecule has 0 aliphatic carbocycles. The monoisotopic (exact) mass is 349 g/mol. The van der Waals surface area contributed by atoms with Crippen molar-refractivity contribution in [2.24, 2.45) is 0 Å². The molecule has 0 bridgehead atoms. The number of nitrogens with zero attached hydrogens (tertiary/aromatic N) is 3. The summed E-state index contributed by atoms with van der Waals surface area (Å²) in [5.41, 5.74) is 1.21. The molecule has 1 atom stereocenters. The van der Waals surface area contributed by atoms with Crippen LogP contribution in [0.15, 0.2) is 36.7 Å². The lowest BCUT2D eigenvalue weighted by atomic mass is 9.91. The fraction of sp³-hybridized carbons (Fsp3) is 0.389. The minimum atomic E-state index is -4.37. The van der Waals surface area contributed by atoms with Crippen molar-refractivity contribution in [3.8, 4) is 11.3 Å². The SMILES string of the molecule is CC(=O)N1CCC[C@H](c2nccnc2-c2ccc(C(F)(F)F)cc2)C1. The largest absolute Gasteiger partial charge is 0.416 e. The molecule has 7 heteroatoms. The van der Waals surface area contributed by atoms with Gasteiger partial charge in [-0.15, -0.1) is 0 Å². The van der Waals surface area contributed by atoms with E-state index in [0.29, 0.717) is 17.8 Å². The average Bonchev–Trinajstić information content (AvgIpc) is 2.61. The van der Waals surface area contributed by atoms with E-state index in [1.165, 1.54) is 25.3 Å². The van der Waals surface area contributed by atoms with Crippen LogP contribution in [0.1, 0.15) is 36.9 Å². The van der Waals surface area contributed by atoms with Crippen molar-refractivity contribution >= 4 is 5.91 Å². The minimum absolute atomic E-state index is 0.0182. The molecule has 1 aliphatic rings. The predicted molar refractivity (Wildman–Crippen MR) is 86.7 cm³/mol. The first kappa shape index (κ1) is 17.4. The van der Waals surface area contributed by atoms with Gasteiger partial charge in [-0.25, -0.2) is 0 Å². The van der Waals surface area contributed by atoms with Gasteiger partial charge in [-0.05, 0) is 25.0 Å². The highest BCUT2D eigenvalue weighted by Gasteiger charge is 2.31. The van der Waals surface area contributed by atoms with Gasteiger partial charge in [-0.1, -0.05) is 12.1 Å². The van der Waals surface area contributed by atoms with Crippen LogP contribution >= 0.6 is 0 Å². The maximum atomic E-state index is 12.7. The Balaban J connectivity index is 1.92. The van der Waals surface area contributed by atoms with E-state index in [0.717, 1.165) is 37.2 Å². The zero-order valence-corrected chi connectivity index (χ0v) is 13.8. The summed E-state index contributed by atoms with van der Waals surface area (Å²) in [6, 6.07) is 4.94. The van der Waals surface area contributed by atoms with E-state index in [9.17, 15) is 18.0 Å². The molecule has 0 saturated carbocycles. The minimum Gasteiger partial charge on any atom is -0.342 e. The van der Waals surface area contributed by atoms with Gasteiger partial charge in [0.25, 0.3) is 0 Å². The third-order valence-corrected chi connectivity index (χ3v) is 4.47. The van der Waals surface area contributed by atoms with Crippen LogP contribution in [0.2, 0.25) is 0 Å². The average molecular weight is 349 g/mol. The van der Waals surface area contributed by atoms with Crippen molar-refractivity contribution in [1.29, 1.82) is 0 Å². The van der Waals surface area contributed by atoms with Gasteiger partial charge in [0.15, 0.2) is 0 Å². The van der Waals surface area contributed by atoms with Gasteiger partial charge in [0, 0.05) is 43.9 Å². The van der Waals surface area contributed by atoms with E-state index < -0.39 is 11.7 Å². The highest BCUT2D eigenvalue weighted by atomic mass is 19.4. The van der Waals surface area contributed by atoms with Crippen molar-refractivity contribution in [3.05, 3.63) is 47.9 Å². The molecular formula is C18H18F3N3O. The molecule has 2 heterocycles. The van der Waals surface area contributed by atoms with E-state index in [2.05, 4.69) is 9.97 Å². The maximum Gasteiger partial charge on any atom is 0.416 e. The summed E-state index contributed by atoms with van der Waals surface area (Å²) in [7, 11) is 0. The van der Waals surface area contributed by atoms with Gasteiger partial charge < -0.3 is 4.90 Å². The Morgan fingerprint density at radius 1 is 1.16 bits per heavy atom. The lowest BCUT2D eigenvalue weighted by Gasteiger charge is -2.32. The number of alkyl halides is 3. The number of carbonyl (C=O) groups is 1. The summed E-state index contributed by atoms with van der Waals surface area (Å²) >= 11 is 0. The van der Waals surface area contributed by atoms with E-state index >= 15 is 0 Å². The fourth-order valence-electron chi connectivity index (χ4n) is 3.17. The molecule has 132 valence electrons. The van der Waals surface area contributed by atoms with E-state index in [1.54, 1.807) is 11.1 Å². The van der Waals surface area contributed by atoms with Crippen LogP contribution in [0, 0.1) is 0 Å². The summed E-state index contributed by atoms with van der Waals surface area (Å²) in [5, 5.41) is 0. The van der Waals surface area contributed by atoms with Crippen LogP contribution in [0.5, 0.6) is 0 Å². The standard InChI is InChI=1S/C18H18F3N3O/c1-12(25)24-10-2-3-14(11-24)17-16(22-8-9-23-17)13-4-6-15(7-5-13)18(19,20)21/h4-9,14H,2-3,10-11H2,1H3/t14-/m0/s1. The number of benzene rings is 1. The quantitative estimate of drug-likeness (QED) is 0.826. The van der Waals surface area contributed by atoms with E-state index in [-0.39, 0.29) is 11.8 Å². The summed E-state index contributed by atoms with van der Waals surface area (Å²) < 4.78 is 38.2. The number of hydrogen-bond acceptors (Lipinski definition) is 3. The normalized spacial score (nSPS) is 18.2. The molecule has 1 saturated heterocycles. The molecular weight excluding hydrogens is 331 g/mol. The highest BCUT2D eigenvalue weighted by molar-refractivity contribution is 5.73. The van der Waals surface area contributed by atoms with Gasteiger partial charge in [0.05, 0.1) is 17.0 Å². The Bertz CT molecular complexity index is 759. The van der Waals surface area contributed by atoms with Crippen molar-refractivity contribution in [3.63, 3.8) is 0 Å². The van der Waals surface area contributed by atoms with Crippen LogP contribution in [-0.4, -0.2) is 33.9 Å². The summed E-state index contributed by atoms with van der Waals surface area (Å²) in [5.74, 6) is 0.0494. The Morgan fingerprint density at radius 2 is 1.84 bits per heavy atom. The zero-order chi connectivity index (χ0) is 18.0.